The van der Waals surface area contributed by atoms with Crippen molar-refractivity contribution in [2.75, 3.05) is 25.0 Å². The van der Waals surface area contributed by atoms with Gasteiger partial charge in [0.05, 0.1) is 5.92 Å². The fourth-order valence-corrected chi connectivity index (χ4v) is 4.56. The van der Waals surface area contributed by atoms with E-state index in [1.165, 1.54) is 4.88 Å². The van der Waals surface area contributed by atoms with E-state index in [0.717, 1.165) is 37.2 Å². The molecule has 1 aromatic carbocycles. The van der Waals surface area contributed by atoms with Crippen LogP contribution in [-0.2, 0) is 11.2 Å². The highest BCUT2D eigenvalue weighted by molar-refractivity contribution is 7.15. The van der Waals surface area contributed by atoms with Crippen LogP contribution in [0.15, 0.2) is 24.4 Å². The number of amides is 1. The zero-order chi connectivity index (χ0) is 17.2. The maximum atomic E-state index is 12.6. The minimum absolute atomic E-state index is 0.0446. The Hall–Kier alpha value is -1.63. The van der Waals surface area contributed by atoms with E-state index in [9.17, 15) is 4.79 Å². The molecule has 7 heteroatoms. The summed E-state index contributed by atoms with van der Waals surface area (Å²) in [7, 11) is 0. The summed E-state index contributed by atoms with van der Waals surface area (Å²) in [5.74, 6) is 1.10. The molecule has 5 nitrogen and oxygen atoms in total. The molecular formula is C18H20ClN3O2S. The number of ether oxygens (including phenoxy) is 1. The number of rotatable bonds is 3. The Kier molecular flexibility index (Phi) is 4.92. The first-order chi connectivity index (χ1) is 12.2. The summed E-state index contributed by atoms with van der Waals surface area (Å²) >= 11 is 7.63. The average Bonchev–Trinajstić information content (AvgIpc) is 3.10. The molecule has 1 amide bonds. The molecule has 0 bridgehead atoms. The molecule has 2 aliphatic heterocycles. The number of nitrogens with zero attached hydrogens (tertiary/aromatic N) is 1. The minimum atomic E-state index is -0.225. The zero-order valence-corrected chi connectivity index (χ0v) is 15.3. The standard InChI is InChI=1S/C18H20ClN3O2S/c19-14-1-2-15-12(8-14)7-13(10-24-15)17(23)22-18-21-9-16(25-18)11-3-5-20-6-4-11/h1-2,8-9,11,13,20H,3-7,10H2,(H,21,22,23). The number of carbonyl (C=O) groups excluding carboxylic acids is 1. The summed E-state index contributed by atoms with van der Waals surface area (Å²) in [5.41, 5.74) is 0.980. The second kappa shape index (κ2) is 7.32. The number of hydrogen-bond donors (Lipinski definition) is 2. The number of carbonyl (C=O) groups is 1. The fraction of sp³-hybridized carbons (Fsp3) is 0.444. The molecule has 2 N–H and O–H groups in total. The lowest BCUT2D eigenvalue weighted by atomic mass is 9.96. The van der Waals surface area contributed by atoms with Gasteiger partial charge >= 0.3 is 0 Å². The number of benzene rings is 1. The third-order valence-corrected chi connectivity index (χ3v) is 6.11. The highest BCUT2D eigenvalue weighted by Gasteiger charge is 2.27. The monoisotopic (exact) mass is 377 g/mol. The largest absolute Gasteiger partial charge is 0.492 e. The summed E-state index contributed by atoms with van der Waals surface area (Å²) in [6.07, 6.45) is 4.80. The molecule has 0 saturated carbocycles. The lowest BCUT2D eigenvalue weighted by molar-refractivity contribution is -0.121. The molecule has 2 aromatic rings. The zero-order valence-electron chi connectivity index (χ0n) is 13.8. The van der Waals surface area contributed by atoms with Gasteiger partial charge in [-0.25, -0.2) is 4.98 Å². The van der Waals surface area contributed by atoms with Gasteiger partial charge in [-0.2, -0.15) is 0 Å². The van der Waals surface area contributed by atoms with Crippen molar-refractivity contribution in [1.29, 1.82) is 0 Å². The van der Waals surface area contributed by atoms with Crippen molar-refractivity contribution in [3.8, 4) is 5.75 Å². The van der Waals surface area contributed by atoms with Gasteiger partial charge in [-0.15, -0.1) is 11.3 Å². The summed E-state index contributed by atoms with van der Waals surface area (Å²) in [5, 5.41) is 7.66. The van der Waals surface area contributed by atoms with Gasteiger partial charge in [0.2, 0.25) is 5.91 Å². The van der Waals surface area contributed by atoms with Crippen molar-refractivity contribution >= 4 is 34.0 Å². The first-order valence-electron chi connectivity index (χ1n) is 8.57. The first kappa shape index (κ1) is 16.8. The van der Waals surface area contributed by atoms with Crippen LogP contribution in [0.25, 0.3) is 0 Å². The molecule has 3 heterocycles. The van der Waals surface area contributed by atoms with E-state index < -0.39 is 0 Å². The lowest BCUT2D eigenvalue weighted by Crippen LogP contribution is -2.32. The van der Waals surface area contributed by atoms with Crippen LogP contribution in [0, 0.1) is 5.92 Å². The highest BCUT2D eigenvalue weighted by Crippen LogP contribution is 2.33. The molecule has 1 fully saturated rings. The van der Waals surface area contributed by atoms with Gasteiger partial charge in [0.15, 0.2) is 5.13 Å². The average molecular weight is 378 g/mol. The molecule has 2 aliphatic rings. The predicted molar refractivity (Wildman–Crippen MR) is 99.7 cm³/mol. The fourth-order valence-electron chi connectivity index (χ4n) is 3.38. The van der Waals surface area contributed by atoms with Gasteiger partial charge in [0.25, 0.3) is 0 Å². The van der Waals surface area contributed by atoms with Crippen LogP contribution in [0.1, 0.15) is 29.2 Å². The van der Waals surface area contributed by atoms with Crippen LogP contribution in [0.4, 0.5) is 5.13 Å². The van der Waals surface area contributed by atoms with E-state index in [4.69, 9.17) is 16.3 Å². The van der Waals surface area contributed by atoms with Crippen LogP contribution in [-0.4, -0.2) is 30.6 Å². The number of fused-ring (bicyclic) bond motifs is 1. The van der Waals surface area contributed by atoms with Crippen molar-refractivity contribution in [1.82, 2.24) is 10.3 Å². The maximum absolute atomic E-state index is 12.6. The Bertz CT molecular complexity index is 773. The number of aromatic nitrogens is 1. The molecule has 4 rings (SSSR count). The molecule has 132 valence electrons. The third-order valence-electron chi connectivity index (χ3n) is 4.79. The van der Waals surface area contributed by atoms with Crippen LogP contribution in [0.3, 0.4) is 0 Å². The van der Waals surface area contributed by atoms with Crippen molar-refractivity contribution in [3.05, 3.63) is 39.9 Å². The van der Waals surface area contributed by atoms with E-state index in [2.05, 4.69) is 15.6 Å². The SMILES string of the molecule is O=C(Nc1ncc(C2CCNCC2)s1)C1COc2ccc(Cl)cc2C1. The number of halogens is 1. The van der Waals surface area contributed by atoms with Gasteiger partial charge in [-0.1, -0.05) is 11.6 Å². The van der Waals surface area contributed by atoms with E-state index in [-0.39, 0.29) is 11.8 Å². The summed E-state index contributed by atoms with van der Waals surface area (Å²) < 4.78 is 5.71. The predicted octanol–water partition coefficient (Wildman–Crippen LogP) is 3.45. The summed E-state index contributed by atoms with van der Waals surface area (Å²) in [4.78, 5) is 18.2. The van der Waals surface area contributed by atoms with Crippen LogP contribution >= 0.6 is 22.9 Å². The van der Waals surface area contributed by atoms with Gasteiger partial charge in [-0.3, -0.25) is 4.79 Å². The minimum Gasteiger partial charge on any atom is -0.492 e. The van der Waals surface area contributed by atoms with E-state index >= 15 is 0 Å². The Morgan fingerprint density at radius 3 is 3.04 bits per heavy atom. The Labute approximate surface area is 155 Å². The van der Waals surface area contributed by atoms with Crippen LogP contribution < -0.4 is 15.4 Å². The van der Waals surface area contributed by atoms with E-state index in [0.29, 0.717) is 29.1 Å². The van der Waals surface area contributed by atoms with Crippen molar-refractivity contribution in [3.63, 3.8) is 0 Å². The topological polar surface area (TPSA) is 63.2 Å². The molecule has 1 atom stereocenters. The Morgan fingerprint density at radius 1 is 1.36 bits per heavy atom. The Balaban J connectivity index is 1.40. The normalized spacial score (nSPS) is 20.6. The lowest BCUT2D eigenvalue weighted by Gasteiger charge is -2.24. The second-order valence-corrected chi connectivity index (χ2v) is 8.04. The number of anilines is 1. The molecule has 1 aromatic heterocycles. The summed E-state index contributed by atoms with van der Waals surface area (Å²) in [6, 6.07) is 5.53. The van der Waals surface area contributed by atoms with Crippen LogP contribution in [0.5, 0.6) is 5.75 Å². The molecule has 25 heavy (non-hydrogen) atoms. The third kappa shape index (κ3) is 3.81. The molecular weight excluding hydrogens is 358 g/mol. The van der Waals surface area contributed by atoms with Crippen LogP contribution in [0.2, 0.25) is 5.02 Å². The van der Waals surface area contributed by atoms with Crippen molar-refractivity contribution in [2.24, 2.45) is 5.92 Å². The highest BCUT2D eigenvalue weighted by atomic mass is 35.5. The Morgan fingerprint density at radius 2 is 2.20 bits per heavy atom. The van der Waals surface area contributed by atoms with Crippen molar-refractivity contribution in [2.45, 2.75) is 25.2 Å². The number of hydrogen-bond acceptors (Lipinski definition) is 5. The smallest absolute Gasteiger partial charge is 0.233 e. The first-order valence-corrected chi connectivity index (χ1v) is 9.77. The maximum Gasteiger partial charge on any atom is 0.233 e. The van der Waals surface area contributed by atoms with Gasteiger partial charge in [0, 0.05) is 16.1 Å². The van der Waals surface area contributed by atoms with Gasteiger partial charge in [0.1, 0.15) is 12.4 Å². The van der Waals surface area contributed by atoms with Gasteiger partial charge in [-0.05, 0) is 62.0 Å². The molecule has 0 spiro atoms. The molecule has 1 unspecified atom stereocenters. The quantitative estimate of drug-likeness (QED) is 0.859. The molecule has 0 radical (unpaired) electrons. The number of piperidine rings is 1. The van der Waals surface area contributed by atoms with Gasteiger partial charge < -0.3 is 15.4 Å². The molecule has 0 aliphatic carbocycles. The second-order valence-electron chi connectivity index (χ2n) is 6.55. The van der Waals surface area contributed by atoms with Crippen molar-refractivity contribution < 1.29 is 9.53 Å². The van der Waals surface area contributed by atoms with E-state index in [1.54, 1.807) is 17.4 Å². The summed E-state index contributed by atoms with van der Waals surface area (Å²) in [6.45, 7) is 2.48. The number of nitrogens with one attached hydrogen (secondary N) is 2. The number of thiazole rings is 1. The van der Waals surface area contributed by atoms with E-state index in [1.807, 2.05) is 18.3 Å². The molecule has 1 saturated heterocycles.